The predicted octanol–water partition coefficient (Wildman–Crippen LogP) is -28.0. The van der Waals surface area contributed by atoms with E-state index in [2.05, 4.69) is 0 Å². The number of hydrogen-bond donors (Lipinski definition) is 24. The topological polar surface area (TPSA) is 655 Å². The molecule has 0 unspecified atom stereocenters. The van der Waals surface area contributed by atoms with E-state index in [0.717, 1.165) is 0 Å². The van der Waals surface area contributed by atoms with E-state index in [-0.39, 0.29) is 154 Å². The second kappa shape index (κ2) is 35.6. The van der Waals surface area contributed by atoms with Crippen LogP contribution < -0.4 is 169 Å². The molecule has 0 aromatic heterocycles. The molecule has 0 aromatic carbocycles. The maximum absolute atomic E-state index is 10.00. The molecule has 0 aliphatic carbocycles. The first kappa shape index (κ1) is 80.7. The van der Waals surface area contributed by atoms with Crippen molar-refractivity contribution >= 4 is 7.82 Å². The van der Waals surface area contributed by atoms with Gasteiger partial charge in [-0.3, -0.25) is 0 Å². The molecule has 6 aliphatic heterocycles. The van der Waals surface area contributed by atoms with Crippen LogP contribution in [-0.2, 0) is 47.2 Å². The Hall–Kier alpha value is 3.70. The molecule has 6 heterocycles. The maximum atomic E-state index is 10.00. The van der Waals surface area contributed by atoms with Crippen LogP contribution >= 0.6 is 7.82 Å². The van der Waals surface area contributed by atoms with Crippen molar-refractivity contribution in [2.45, 2.75) is 164 Å². The summed E-state index contributed by atoms with van der Waals surface area (Å²) >= 11 is 0. The van der Waals surface area contributed by atoms with Gasteiger partial charge in [0.05, 0.1) is 39.6 Å². The molecule has 440 valence electrons. The van der Waals surface area contributed by atoms with Gasteiger partial charge in [0, 0.05) is 0 Å². The second-order valence-corrected chi connectivity index (χ2v) is 18.0. The van der Waals surface area contributed by atoms with Crippen LogP contribution in [0.15, 0.2) is 0 Å². The monoisotopic (exact) mass is 1240 g/mol. The normalized spacial score (nSPS) is 46.6. The van der Waals surface area contributed by atoms with Crippen molar-refractivity contribution in [2.24, 2.45) is 0 Å². The Kier molecular flexibility index (Phi) is 37.3. The molecule has 77 heavy (non-hydrogen) atoms. The van der Waals surface area contributed by atoms with Crippen molar-refractivity contribution in [2.75, 3.05) is 59.5 Å². The number of ether oxygens (including phenoxy) is 9. The van der Waals surface area contributed by atoms with Crippen LogP contribution in [0.4, 0.5) is 0 Å². The number of aliphatic hydroxyl groups is 24. The summed E-state index contributed by atoms with van der Waals surface area (Å²) < 4.78 is 54.9. The van der Waals surface area contributed by atoms with E-state index in [1.165, 1.54) is 0 Å². The molecule has 6 aliphatic rings. The van der Waals surface area contributed by atoms with Gasteiger partial charge in [-0.1, -0.05) is 0 Å². The third kappa shape index (κ3) is 19.6. The number of aliphatic hydroxyl groups excluding tert-OH is 24. The van der Waals surface area contributed by atoms with Crippen molar-refractivity contribution in [1.29, 1.82) is 0 Å². The van der Waals surface area contributed by atoms with Crippen molar-refractivity contribution in [3.63, 3.8) is 0 Å². The second-order valence-electron chi connectivity index (χ2n) is 17.1. The van der Waals surface area contributed by atoms with Gasteiger partial charge < -0.3 is 184 Å². The van der Waals surface area contributed by atoms with Crippen molar-refractivity contribution in [1.82, 2.24) is 0 Å². The SMILES string of the molecule is O=P([O-])([O-])[O-].OC[C@H]1O[C@@](CO)(O[C@H]2O[C@H](CO)[C@@H](O)[C@H](O)[C@H]2O)[C@@H](O)[C@@H]1O.OC[C@H]1O[C@@](CO)(O[C@H]2O[C@H](CO)[C@@H](O)[C@H](O)[C@H]2O)[C@@H](O)[C@@H]1O.OC[C@H]1O[C@@](CO)(O[C@H]2O[C@H](CO)[C@@H](O)[C@H](O)[C@H]2O)[C@@H](O)[C@@H]1O.[K+].[K+].[K+]. The summed E-state index contributed by atoms with van der Waals surface area (Å²) in [5.41, 5.74) is 0. The van der Waals surface area contributed by atoms with Gasteiger partial charge in [0.25, 0.3) is 0 Å². The van der Waals surface area contributed by atoms with Crippen LogP contribution in [0.1, 0.15) is 0 Å². The standard InChI is InChI=1S/3C12H22O11.3K.H3O4P/c3*13-1-4-6(16)8(18)9(19)11(21-4)23-12(3-15)10(20)7(17)5(2-14)22-12;;;;1-5(2,3)4/h3*4-11,13-20H,1-3H2;;;;(H3,1,2,3,4)/q;;;3*+1;/p-3/t3*4-,5-,6-,7-,8+,9-,10+,11-,12+;;;;/m111..../s1. The zero-order valence-corrected chi connectivity index (χ0v) is 51.5. The fourth-order valence-electron chi connectivity index (χ4n) is 7.89. The number of hydrogen-bond acceptors (Lipinski definition) is 37. The molecule has 0 radical (unpaired) electrons. The fourth-order valence-corrected chi connectivity index (χ4v) is 7.89. The van der Waals surface area contributed by atoms with Gasteiger partial charge in [0.1, 0.15) is 148 Å². The van der Waals surface area contributed by atoms with Crippen molar-refractivity contribution < 1.29 is 339 Å². The summed E-state index contributed by atoms with van der Waals surface area (Å²) in [6.07, 6.45) is -38.0. The summed E-state index contributed by atoms with van der Waals surface area (Å²) in [7, 11) is -5.39. The zero-order chi connectivity index (χ0) is 56.6. The van der Waals surface area contributed by atoms with E-state index in [1.54, 1.807) is 0 Å². The Morgan fingerprint density at radius 2 is 0.506 bits per heavy atom. The number of phosphoric acid groups is 1. The van der Waals surface area contributed by atoms with Gasteiger partial charge in [-0.05, 0) is 0 Å². The van der Waals surface area contributed by atoms with Gasteiger partial charge in [-0.25, -0.2) is 0 Å². The Bertz CT molecular complexity index is 1530. The quantitative estimate of drug-likeness (QED) is 0.0535. The molecule has 0 saturated carbocycles. The summed E-state index contributed by atoms with van der Waals surface area (Å²) in [6, 6.07) is 0. The van der Waals surface area contributed by atoms with Crippen LogP contribution in [0.5, 0.6) is 0 Å². The molecule has 6 rings (SSSR count). The summed E-state index contributed by atoms with van der Waals surface area (Å²) in [5, 5.41) is 230. The van der Waals surface area contributed by atoms with Gasteiger partial charge >= 0.3 is 154 Å². The van der Waals surface area contributed by atoms with E-state index >= 15 is 0 Å². The number of rotatable bonds is 15. The smallest absolute Gasteiger partial charge is 0.822 e. The van der Waals surface area contributed by atoms with E-state index in [1.807, 2.05) is 0 Å². The Labute approximate surface area is 562 Å². The Balaban J connectivity index is 0.00000106. The molecule has 0 spiro atoms. The van der Waals surface area contributed by atoms with Crippen LogP contribution in [-0.4, -0.2) is 346 Å². The predicted molar refractivity (Wildman–Crippen MR) is 214 cm³/mol. The van der Waals surface area contributed by atoms with Crippen LogP contribution in [0, 0.1) is 0 Å². The summed E-state index contributed by atoms with van der Waals surface area (Å²) in [4.78, 5) is 25.6. The summed E-state index contributed by atoms with van der Waals surface area (Å²) in [5.74, 6) is -6.67. The summed E-state index contributed by atoms with van der Waals surface area (Å²) in [6.45, 7) is -6.97. The van der Waals surface area contributed by atoms with Crippen molar-refractivity contribution in [3.05, 3.63) is 0 Å². The van der Waals surface area contributed by atoms with Gasteiger partial charge in [-0.15, -0.1) is 0 Å². The van der Waals surface area contributed by atoms with E-state index in [4.69, 9.17) is 92.5 Å². The first-order valence-electron chi connectivity index (χ1n) is 21.9. The zero-order valence-electron chi connectivity index (χ0n) is 41.2. The van der Waals surface area contributed by atoms with Gasteiger partial charge in [0.2, 0.25) is 17.4 Å². The van der Waals surface area contributed by atoms with Gasteiger partial charge in [-0.2, -0.15) is 7.82 Å². The van der Waals surface area contributed by atoms with Gasteiger partial charge in [0.15, 0.2) is 18.9 Å². The maximum Gasteiger partial charge on any atom is 1.00 e. The van der Waals surface area contributed by atoms with Crippen LogP contribution in [0.2, 0.25) is 0 Å². The Morgan fingerprint density at radius 3 is 0.649 bits per heavy atom. The molecule has 6 fully saturated rings. The van der Waals surface area contributed by atoms with E-state index < -0.39 is 232 Å². The average Bonchev–Trinajstić information content (AvgIpc) is 3.88. The van der Waals surface area contributed by atoms with Crippen LogP contribution in [0.25, 0.3) is 0 Å². The molecule has 0 aromatic rings. The molecule has 6 saturated heterocycles. The van der Waals surface area contributed by atoms with Crippen LogP contribution in [0.3, 0.4) is 0 Å². The molecule has 37 nitrogen and oxygen atoms in total. The third-order valence-electron chi connectivity index (χ3n) is 12.2. The largest absolute Gasteiger partial charge is 1.00 e. The molecule has 24 N–H and O–H groups in total. The minimum atomic E-state index is -5.39. The van der Waals surface area contributed by atoms with E-state index in [9.17, 15) is 91.9 Å². The first-order valence-corrected chi connectivity index (χ1v) is 23.3. The molecule has 41 heteroatoms. The molecule has 27 atom stereocenters. The van der Waals surface area contributed by atoms with E-state index in [0.29, 0.717) is 0 Å². The molecule has 0 amide bonds. The van der Waals surface area contributed by atoms with Crippen molar-refractivity contribution in [3.8, 4) is 0 Å². The first-order chi connectivity index (χ1) is 34.4. The molecule has 0 bridgehead atoms. The minimum absolute atomic E-state index is 0. The molecular formula is C36H66K3O37P. The average molecular weight is 1240 g/mol. The molecular weight excluding hydrogens is 1170 g/mol. The fraction of sp³-hybridized carbons (Fsp3) is 1.00. The third-order valence-corrected chi connectivity index (χ3v) is 12.2. The Morgan fingerprint density at radius 1 is 0.325 bits per heavy atom. The minimum Gasteiger partial charge on any atom is -0.822 e.